The van der Waals surface area contributed by atoms with E-state index in [1.165, 1.54) is 6.20 Å². The maximum atomic E-state index is 12.2. The van der Waals surface area contributed by atoms with Crippen molar-refractivity contribution in [2.24, 2.45) is 0 Å². The summed E-state index contributed by atoms with van der Waals surface area (Å²) >= 11 is 0. The highest BCUT2D eigenvalue weighted by Gasteiger charge is 2.32. The number of hydrogen-bond donors (Lipinski definition) is 1. The predicted octanol–water partition coefficient (Wildman–Crippen LogP) is 2.21. The van der Waals surface area contributed by atoms with Crippen LogP contribution in [-0.2, 0) is 12.7 Å². The van der Waals surface area contributed by atoms with E-state index in [1.807, 2.05) is 6.92 Å². The van der Waals surface area contributed by atoms with E-state index in [2.05, 4.69) is 10.3 Å². The fraction of sp³-hybridized carbons (Fsp3) is 0.444. The predicted molar refractivity (Wildman–Crippen MR) is 46.6 cm³/mol. The molecule has 1 heterocycles. The van der Waals surface area contributed by atoms with Gasteiger partial charge in [-0.15, -0.1) is 0 Å². The van der Waals surface area contributed by atoms with Gasteiger partial charge in [0.25, 0.3) is 0 Å². The minimum Gasteiger partial charge on any atom is -0.313 e. The number of halogens is 3. The van der Waals surface area contributed by atoms with Gasteiger partial charge in [-0.3, -0.25) is 4.98 Å². The third-order valence-corrected chi connectivity index (χ3v) is 1.69. The Morgan fingerprint density at radius 2 is 2.14 bits per heavy atom. The van der Waals surface area contributed by atoms with Crippen molar-refractivity contribution in [1.82, 2.24) is 10.3 Å². The molecule has 0 aliphatic carbocycles. The molecule has 1 aromatic heterocycles. The van der Waals surface area contributed by atoms with Gasteiger partial charge in [-0.05, 0) is 24.2 Å². The van der Waals surface area contributed by atoms with E-state index in [9.17, 15) is 13.2 Å². The van der Waals surface area contributed by atoms with Crippen molar-refractivity contribution in [2.45, 2.75) is 19.6 Å². The lowest BCUT2D eigenvalue weighted by molar-refractivity contribution is -0.141. The Bertz CT molecular complexity index is 296. The zero-order chi connectivity index (χ0) is 10.6. The van der Waals surface area contributed by atoms with Crippen LogP contribution < -0.4 is 5.32 Å². The van der Waals surface area contributed by atoms with Crippen LogP contribution in [0.25, 0.3) is 0 Å². The Morgan fingerprint density at radius 1 is 1.43 bits per heavy atom. The van der Waals surface area contributed by atoms with Gasteiger partial charge < -0.3 is 5.32 Å². The SMILES string of the molecule is CCNCc1ccnc(C(F)(F)F)c1. The molecule has 1 rings (SSSR count). The topological polar surface area (TPSA) is 24.9 Å². The molecule has 14 heavy (non-hydrogen) atoms. The molecule has 5 heteroatoms. The van der Waals surface area contributed by atoms with E-state index >= 15 is 0 Å². The summed E-state index contributed by atoms with van der Waals surface area (Å²) in [5.41, 5.74) is -0.248. The quantitative estimate of drug-likeness (QED) is 0.816. The van der Waals surface area contributed by atoms with Gasteiger partial charge in [0.1, 0.15) is 5.69 Å². The standard InChI is InChI=1S/C9H11F3N2/c1-2-13-6-7-3-4-14-8(5-7)9(10,11)12/h3-5,13H,2,6H2,1H3. The second kappa shape index (κ2) is 4.41. The molecule has 0 saturated carbocycles. The number of hydrogen-bond acceptors (Lipinski definition) is 2. The third-order valence-electron chi connectivity index (χ3n) is 1.69. The van der Waals surface area contributed by atoms with Crippen LogP contribution in [0.3, 0.4) is 0 Å². The van der Waals surface area contributed by atoms with E-state index in [4.69, 9.17) is 0 Å². The molecule has 0 atom stereocenters. The summed E-state index contributed by atoms with van der Waals surface area (Å²) in [7, 11) is 0. The molecule has 0 amide bonds. The number of nitrogens with zero attached hydrogens (tertiary/aromatic N) is 1. The maximum absolute atomic E-state index is 12.2. The Hall–Kier alpha value is -1.10. The summed E-state index contributed by atoms with van der Waals surface area (Å²) in [6.07, 6.45) is -3.18. The van der Waals surface area contributed by atoms with Gasteiger partial charge in [-0.25, -0.2) is 0 Å². The molecule has 78 valence electrons. The molecule has 0 spiro atoms. The smallest absolute Gasteiger partial charge is 0.313 e. The van der Waals surface area contributed by atoms with Crippen molar-refractivity contribution >= 4 is 0 Å². The third kappa shape index (κ3) is 2.99. The van der Waals surface area contributed by atoms with Crippen molar-refractivity contribution in [1.29, 1.82) is 0 Å². The molecule has 0 bridgehead atoms. The van der Waals surface area contributed by atoms with Crippen LogP contribution in [0.2, 0.25) is 0 Å². The van der Waals surface area contributed by atoms with Crippen LogP contribution in [0, 0.1) is 0 Å². The number of nitrogens with one attached hydrogen (secondary N) is 1. The summed E-state index contributed by atoms with van der Waals surface area (Å²) in [6.45, 7) is 3.05. The van der Waals surface area contributed by atoms with Gasteiger partial charge >= 0.3 is 6.18 Å². The van der Waals surface area contributed by atoms with Gasteiger partial charge in [-0.2, -0.15) is 13.2 Å². The fourth-order valence-electron chi connectivity index (χ4n) is 1.01. The number of pyridine rings is 1. The van der Waals surface area contributed by atoms with E-state index < -0.39 is 11.9 Å². The fourth-order valence-corrected chi connectivity index (χ4v) is 1.01. The first-order valence-corrected chi connectivity index (χ1v) is 4.27. The summed E-state index contributed by atoms with van der Waals surface area (Å²) in [5, 5.41) is 2.95. The molecule has 0 radical (unpaired) electrons. The molecule has 0 fully saturated rings. The summed E-state index contributed by atoms with van der Waals surface area (Å²) in [4.78, 5) is 3.27. The minimum atomic E-state index is -4.36. The second-order valence-electron chi connectivity index (χ2n) is 2.83. The van der Waals surface area contributed by atoms with Crippen LogP contribution in [-0.4, -0.2) is 11.5 Å². The first-order chi connectivity index (χ1) is 6.54. The van der Waals surface area contributed by atoms with Gasteiger partial charge in [0.05, 0.1) is 0 Å². The van der Waals surface area contributed by atoms with Crippen molar-refractivity contribution in [3.8, 4) is 0 Å². The average Bonchev–Trinajstić information content (AvgIpc) is 2.14. The monoisotopic (exact) mass is 204 g/mol. The number of alkyl halides is 3. The maximum Gasteiger partial charge on any atom is 0.433 e. The lowest BCUT2D eigenvalue weighted by atomic mass is 10.2. The largest absolute Gasteiger partial charge is 0.433 e. The van der Waals surface area contributed by atoms with Crippen LogP contribution >= 0.6 is 0 Å². The number of aromatic nitrogens is 1. The van der Waals surface area contributed by atoms with Crippen molar-refractivity contribution in [3.05, 3.63) is 29.6 Å². The lowest BCUT2D eigenvalue weighted by Crippen LogP contribution is -2.14. The second-order valence-corrected chi connectivity index (χ2v) is 2.83. The van der Waals surface area contributed by atoms with Crippen molar-refractivity contribution in [3.63, 3.8) is 0 Å². The molecule has 1 aromatic rings. The highest BCUT2D eigenvalue weighted by Crippen LogP contribution is 2.27. The molecule has 2 nitrogen and oxygen atoms in total. The average molecular weight is 204 g/mol. The Kier molecular flexibility index (Phi) is 3.46. The van der Waals surface area contributed by atoms with Gasteiger partial charge in [0, 0.05) is 12.7 Å². The van der Waals surface area contributed by atoms with E-state index in [-0.39, 0.29) is 0 Å². The highest BCUT2D eigenvalue weighted by atomic mass is 19.4. The number of rotatable bonds is 3. The summed E-state index contributed by atoms with van der Waals surface area (Å²) in [5.74, 6) is 0. The van der Waals surface area contributed by atoms with Crippen LogP contribution in [0.15, 0.2) is 18.3 Å². The molecule has 0 aromatic carbocycles. The summed E-state index contributed by atoms with van der Waals surface area (Å²) < 4.78 is 36.6. The van der Waals surface area contributed by atoms with Gasteiger partial charge in [0.2, 0.25) is 0 Å². The van der Waals surface area contributed by atoms with Crippen molar-refractivity contribution < 1.29 is 13.2 Å². The lowest BCUT2D eigenvalue weighted by Gasteiger charge is -2.07. The Labute approximate surface area is 80.2 Å². The molecular formula is C9H11F3N2. The normalized spacial score (nSPS) is 11.7. The first kappa shape index (κ1) is 11.0. The molecule has 1 N–H and O–H groups in total. The molecule has 0 unspecified atom stereocenters. The zero-order valence-electron chi connectivity index (χ0n) is 7.73. The Balaban J connectivity index is 2.79. The first-order valence-electron chi connectivity index (χ1n) is 4.27. The molecule has 0 saturated heterocycles. The van der Waals surface area contributed by atoms with Gasteiger partial charge in [0.15, 0.2) is 0 Å². The van der Waals surface area contributed by atoms with Crippen LogP contribution in [0.4, 0.5) is 13.2 Å². The molecule has 0 aliphatic heterocycles. The highest BCUT2D eigenvalue weighted by molar-refractivity contribution is 5.18. The summed E-state index contributed by atoms with van der Waals surface area (Å²) in [6, 6.07) is 2.63. The zero-order valence-corrected chi connectivity index (χ0v) is 7.73. The molecule has 0 aliphatic rings. The van der Waals surface area contributed by atoms with Crippen LogP contribution in [0.1, 0.15) is 18.2 Å². The minimum absolute atomic E-state index is 0.433. The Morgan fingerprint density at radius 3 is 2.71 bits per heavy atom. The van der Waals surface area contributed by atoms with Crippen LogP contribution in [0.5, 0.6) is 0 Å². The van der Waals surface area contributed by atoms with Crippen molar-refractivity contribution in [2.75, 3.05) is 6.54 Å². The van der Waals surface area contributed by atoms with E-state index in [1.54, 1.807) is 6.07 Å². The molecular weight excluding hydrogens is 193 g/mol. The van der Waals surface area contributed by atoms with E-state index in [0.717, 1.165) is 12.6 Å². The van der Waals surface area contributed by atoms with E-state index in [0.29, 0.717) is 12.1 Å². The van der Waals surface area contributed by atoms with Gasteiger partial charge in [-0.1, -0.05) is 6.92 Å².